The fourth-order valence-electron chi connectivity index (χ4n) is 1.25. The molecule has 94 valence electrons. The molecule has 0 saturated carbocycles. The van der Waals surface area contributed by atoms with E-state index in [1.807, 2.05) is 0 Å². The van der Waals surface area contributed by atoms with E-state index in [1.165, 1.54) is 7.11 Å². The van der Waals surface area contributed by atoms with Crippen LogP contribution in [-0.4, -0.2) is 37.8 Å². The summed E-state index contributed by atoms with van der Waals surface area (Å²) in [7, 11) is 1.52. The fourth-order valence-corrected chi connectivity index (χ4v) is 1.43. The van der Waals surface area contributed by atoms with Gasteiger partial charge in [-0.3, -0.25) is 4.79 Å². The topological polar surface area (TPSA) is 70.6 Å². The Morgan fingerprint density at radius 1 is 1.53 bits per heavy atom. The number of nitrogens with one attached hydrogen (secondary N) is 2. The lowest BCUT2D eigenvalue weighted by Crippen LogP contribution is -2.30. The predicted molar refractivity (Wildman–Crippen MR) is 66.6 cm³/mol. The van der Waals surface area contributed by atoms with Crippen molar-refractivity contribution in [2.45, 2.75) is 0 Å². The molecule has 0 bridgehead atoms. The largest absolute Gasteiger partial charge is 0.495 e. The number of carbonyl (C=O) groups is 1. The molecule has 0 aliphatic rings. The summed E-state index contributed by atoms with van der Waals surface area (Å²) in [5.41, 5.74) is 0.524. The molecule has 1 aromatic rings. The van der Waals surface area contributed by atoms with Gasteiger partial charge in [0.25, 0.3) is 0 Å². The number of aliphatic hydroxyl groups is 1. The summed E-state index contributed by atoms with van der Waals surface area (Å²) < 4.78 is 5.09. The lowest BCUT2D eigenvalue weighted by Gasteiger charge is -2.10. The van der Waals surface area contributed by atoms with Crippen molar-refractivity contribution in [3.05, 3.63) is 23.2 Å². The number of aliphatic hydroxyl groups excluding tert-OH is 1. The molecule has 0 atom stereocenters. The Morgan fingerprint density at radius 3 is 2.94 bits per heavy atom. The van der Waals surface area contributed by atoms with Crippen molar-refractivity contribution in [3.8, 4) is 5.75 Å². The number of hydrogen-bond donors (Lipinski definition) is 3. The van der Waals surface area contributed by atoms with Crippen molar-refractivity contribution in [1.29, 1.82) is 0 Å². The molecular formula is C11H15ClN2O3. The van der Waals surface area contributed by atoms with Crippen LogP contribution < -0.4 is 15.4 Å². The standard InChI is InChI=1S/C11H15ClN2O3/c1-17-10-3-2-8(12)6-9(10)14-11(16)7-13-4-5-15/h2-3,6,13,15H,4-5,7H2,1H3,(H,14,16). The number of carbonyl (C=O) groups excluding carboxylic acids is 1. The molecule has 0 aliphatic carbocycles. The second-order valence-corrected chi connectivity index (χ2v) is 3.73. The summed E-state index contributed by atoms with van der Waals surface area (Å²) in [5, 5.41) is 14.5. The van der Waals surface area contributed by atoms with E-state index in [9.17, 15) is 4.79 Å². The molecule has 0 radical (unpaired) electrons. The normalized spacial score (nSPS) is 10.1. The number of amides is 1. The van der Waals surface area contributed by atoms with Crippen molar-refractivity contribution >= 4 is 23.2 Å². The van der Waals surface area contributed by atoms with E-state index < -0.39 is 0 Å². The van der Waals surface area contributed by atoms with Gasteiger partial charge in [0, 0.05) is 11.6 Å². The van der Waals surface area contributed by atoms with Gasteiger partial charge < -0.3 is 20.5 Å². The number of benzene rings is 1. The van der Waals surface area contributed by atoms with E-state index in [0.717, 1.165) is 0 Å². The summed E-state index contributed by atoms with van der Waals surface area (Å²) >= 11 is 5.83. The van der Waals surface area contributed by atoms with E-state index in [1.54, 1.807) is 18.2 Å². The summed E-state index contributed by atoms with van der Waals surface area (Å²) in [6.07, 6.45) is 0. The molecule has 3 N–H and O–H groups in total. The van der Waals surface area contributed by atoms with Gasteiger partial charge >= 0.3 is 0 Å². The third-order valence-corrected chi connectivity index (χ3v) is 2.24. The van der Waals surface area contributed by atoms with Gasteiger partial charge in [-0.1, -0.05) is 11.6 Å². The van der Waals surface area contributed by atoms with Crippen LogP contribution in [-0.2, 0) is 4.79 Å². The monoisotopic (exact) mass is 258 g/mol. The predicted octanol–water partition coefficient (Wildman–Crippen LogP) is 0.869. The zero-order valence-corrected chi connectivity index (χ0v) is 10.3. The maximum atomic E-state index is 11.5. The first-order chi connectivity index (χ1) is 8.17. The van der Waals surface area contributed by atoms with Crippen molar-refractivity contribution in [2.24, 2.45) is 0 Å². The summed E-state index contributed by atoms with van der Waals surface area (Å²) in [6.45, 7) is 0.490. The van der Waals surface area contributed by atoms with Gasteiger partial charge in [-0.05, 0) is 18.2 Å². The summed E-state index contributed by atoms with van der Waals surface area (Å²) in [6, 6.07) is 4.98. The Morgan fingerprint density at radius 2 is 2.29 bits per heavy atom. The average Bonchev–Trinajstić information content (AvgIpc) is 2.29. The van der Waals surface area contributed by atoms with Crippen LogP contribution in [0.1, 0.15) is 0 Å². The van der Waals surface area contributed by atoms with Crippen molar-refractivity contribution < 1.29 is 14.6 Å². The summed E-state index contributed by atoms with van der Waals surface area (Å²) in [5.74, 6) is 0.323. The first-order valence-electron chi connectivity index (χ1n) is 5.12. The number of rotatable bonds is 6. The van der Waals surface area contributed by atoms with Crippen LogP contribution in [0.3, 0.4) is 0 Å². The fraction of sp³-hybridized carbons (Fsp3) is 0.364. The maximum absolute atomic E-state index is 11.5. The molecule has 0 spiro atoms. The SMILES string of the molecule is COc1ccc(Cl)cc1NC(=O)CNCCO. The van der Waals surface area contributed by atoms with Gasteiger partial charge in [-0.2, -0.15) is 0 Å². The second-order valence-electron chi connectivity index (χ2n) is 3.29. The van der Waals surface area contributed by atoms with Crippen LogP contribution in [0.2, 0.25) is 5.02 Å². The van der Waals surface area contributed by atoms with Crippen LogP contribution in [0, 0.1) is 0 Å². The van der Waals surface area contributed by atoms with Gasteiger partial charge in [-0.25, -0.2) is 0 Å². The Hall–Kier alpha value is -1.30. The molecule has 0 unspecified atom stereocenters. The van der Waals surface area contributed by atoms with Gasteiger partial charge in [-0.15, -0.1) is 0 Å². The van der Waals surface area contributed by atoms with Crippen LogP contribution >= 0.6 is 11.6 Å². The molecule has 0 aliphatic heterocycles. The van der Waals surface area contributed by atoms with Crippen LogP contribution in [0.4, 0.5) is 5.69 Å². The maximum Gasteiger partial charge on any atom is 0.238 e. The smallest absolute Gasteiger partial charge is 0.238 e. The molecule has 0 fully saturated rings. The minimum atomic E-state index is -0.223. The second kappa shape index (κ2) is 7.11. The van der Waals surface area contributed by atoms with Crippen LogP contribution in [0.5, 0.6) is 5.75 Å². The molecule has 0 aromatic heterocycles. The van der Waals surface area contributed by atoms with E-state index in [2.05, 4.69) is 10.6 Å². The van der Waals surface area contributed by atoms with Gasteiger partial charge in [0.05, 0.1) is 25.9 Å². The molecule has 0 saturated heterocycles. The highest BCUT2D eigenvalue weighted by Gasteiger charge is 2.07. The average molecular weight is 259 g/mol. The lowest BCUT2D eigenvalue weighted by atomic mass is 10.3. The van der Waals surface area contributed by atoms with E-state index in [4.69, 9.17) is 21.4 Å². The molecule has 1 rings (SSSR count). The first kappa shape index (κ1) is 13.8. The number of methoxy groups -OCH3 is 1. The number of ether oxygens (including phenoxy) is 1. The number of hydrogen-bond acceptors (Lipinski definition) is 4. The number of anilines is 1. The molecule has 17 heavy (non-hydrogen) atoms. The van der Waals surface area contributed by atoms with Crippen molar-refractivity contribution in [1.82, 2.24) is 5.32 Å². The third kappa shape index (κ3) is 4.60. The minimum absolute atomic E-state index is 0.00618. The highest BCUT2D eigenvalue weighted by Crippen LogP contribution is 2.27. The third-order valence-electron chi connectivity index (χ3n) is 2.01. The van der Waals surface area contributed by atoms with Gasteiger partial charge in [0.2, 0.25) is 5.91 Å². The first-order valence-corrected chi connectivity index (χ1v) is 5.50. The highest BCUT2D eigenvalue weighted by atomic mass is 35.5. The molecule has 0 heterocycles. The summed E-state index contributed by atoms with van der Waals surface area (Å²) in [4.78, 5) is 11.5. The quantitative estimate of drug-likeness (QED) is 0.662. The lowest BCUT2D eigenvalue weighted by molar-refractivity contribution is -0.115. The Labute approximate surface area is 105 Å². The molecule has 5 nitrogen and oxygen atoms in total. The van der Waals surface area contributed by atoms with Gasteiger partial charge in [0.1, 0.15) is 5.75 Å². The zero-order chi connectivity index (χ0) is 12.7. The molecule has 1 amide bonds. The highest BCUT2D eigenvalue weighted by molar-refractivity contribution is 6.31. The van der Waals surface area contributed by atoms with E-state index in [0.29, 0.717) is 23.0 Å². The zero-order valence-electron chi connectivity index (χ0n) is 9.50. The van der Waals surface area contributed by atoms with E-state index in [-0.39, 0.29) is 19.1 Å². The van der Waals surface area contributed by atoms with Crippen LogP contribution in [0.15, 0.2) is 18.2 Å². The van der Waals surface area contributed by atoms with Crippen molar-refractivity contribution in [3.63, 3.8) is 0 Å². The van der Waals surface area contributed by atoms with Gasteiger partial charge in [0.15, 0.2) is 0 Å². The Balaban J connectivity index is 2.60. The van der Waals surface area contributed by atoms with E-state index >= 15 is 0 Å². The van der Waals surface area contributed by atoms with Crippen molar-refractivity contribution in [2.75, 3.05) is 32.1 Å². The van der Waals surface area contributed by atoms with Crippen LogP contribution in [0.25, 0.3) is 0 Å². The molecular weight excluding hydrogens is 244 g/mol. The Bertz CT molecular complexity index is 385. The molecule has 6 heteroatoms. The number of halogens is 1. The Kier molecular flexibility index (Phi) is 5.76. The minimum Gasteiger partial charge on any atom is -0.495 e. The molecule has 1 aromatic carbocycles.